The van der Waals surface area contributed by atoms with Crippen molar-refractivity contribution in [2.45, 2.75) is 13.8 Å². The molecule has 0 atom stereocenters. The maximum Gasteiger partial charge on any atom is 0.231 e. The van der Waals surface area contributed by atoms with Gasteiger partial charge in [0, 0.05) is 11.8 Å². The third-order valence-electron chi connectivity index (χ3n) is 3.14. The predicted molar refractivity (Wildman–Crippen MR) is 77.4 cm³/mol. The summed E-state index contributed by atoms with van der Waals surface area (Å²) in [5.41, 5.74) is 7.78. The lowest BCUT2D eigenvalue weighted by Gasteiger charge is -2.13. The van der Waals surface area contributed by atoms with Gasteiger partial charge in [0.25, 0.3) is 0 Å². The van der Waals surface area contributed by atoms with Gasteiger partial charge in [-0.2, -0.15) is 0 Å². The number of rotatable bonds is 3. The van der Waals surface area contributed by atoms with Crippen molar-refractivity contribution in [1.82, 2.24) is 4.98 Å². The van der Waals surface area contributed by atoms with Crippen LogP contribution in [-0.4, -0.2) is 17.6 Å². The molecule has 0 fully saturated rings. The first-order valence-corrected chi connectivity index (χ1v) is 6.45. The number of nitrogens with one attached hydrogen (secondary N) is 1. The van der Waals surface area contributed by atoms with Gasteiger partial charge in [-0.1, -0.05) is 0 Å². The van der Waals surface area contributed by atoms with Crippen molar-refractivity contribution in [3.8, 4) is 23.1 Å². The minimum Gasteiger partial charge on any atom is -0.454 e. The number of ether oxygens (including phenoxy) is 3. The van der Waals surface area contributed by atoms with Crippen molar-refractivity contribution in [3.05, 3.63) is 41.1 Å². The maximum atomic E-state index is 7.69. The van der Waals surface area contributed by atoms with E-state index in [0.29, 0.717) is 28.7 Å². The van der Waals surface area contributed by atoms with E-state index in [2.05, 4.69) is 4.98 Å². The quantitative estimate of drug-likeness (QED) is 0.668. The Morgan fingerprint density at radius 2 is 2.00 bits per heavy atom. The number of aryl methyl sites for hydroxylation is 2. The zero-order valence-corrected chi connectivity index (χ0v) is 11.8. The Balaban J connectivity index is 1.99. The molecule has 2 aromatic rings. The van der Waals surface area contributed by atoms with Gasteiger partial charge < -0.3 is 19.9 Å². The second-order valence-corrected chi connectivity index (χ2v) is 4.79. The van der Waals surface area contributed by atoms with E-state index >= 15 is 0 Å². The molecule has 0 radical (unpaired) electrons. The largest absolute Gasteiger partial charge is 0.454 e. The summed E-state index contributed by atoms with van der Waals surface area (Å²) in [6.07, 6.45) is 0. The molecule has 6 heteroatoms. The number of nitrogens with two attached hydrogens (primary N) is 1. The summed E-state index contributed by atoms with van der Waals surface area (Å²) in [4.78, 5) is 4.33. The van der Waals surface area contributed by atoms with Crippen LogP contribution >= 0.6 is 0 Å². The predicted octanol–water partition coefficient (Wildman–Crippen LogP) is 2.50. The molecule has 6 nitrogen and oxygen atoms in total. The molecule has 3 N–H and O–H groups in total. The molecule has 1 aromatic heterocycles. The molecule has 0 saturated carbocycles. The number of amidine groups is 1. The van der Waals surface area contributed by atoms with Gasteiger partial charge >= 0.3 is 0 Å². The molecule has 1 aliphatic rings. The van der Waals surface area contributed by atoms with Crippen LogP contribution in [0.2, 0.25) is 0 Å². The fourth-order valence-electron chi connectivity index (χ4n) is 2.26. The third kappa shape index (κ3) is 2.47. The average Bonchev–Trinajstić information content (AvgIpc) is 2.84. The van der Waals surface area contributed by atoms with Crippen LogP contribution in [0, 0.1) is 19.3 Å². The number of nitrogens with zero attached hydrogens (tertiary/aromatic N) is 1. The fraction of sp³-hybridized carbons (Fsp3) is 0.200. The number of aromatic nitrogens is 1. The summed E-state index contributed by atoms with van der Waals surface area (Å²) >= 11 is 0. The molecule has 108 valence electrons. The van der Waals surface area contributed by atoms with Crippen LogP contribution in [0.15, 0.2) is 24.3 Å². The van der Waals surface area contributed by atoms with E-state index in [1.165, 1.54) is 0 Å². The Bertz CT molecular complexity index is 728. The van der Waals surface area contributed by atoms with Crippen molar-refractivity contribution in [2.24, 2.45) is 5.73 Å². The first-order valence-electron chi connectivity index (χ1n) is 6.45. The van der Waals surface area contributed by atoms with Gasteiger partial charge in [-0.3, -0.25) is 5.41 Å². The van der Waals surface area contributed by atoms with E-state index in [1.807, 2.05) is 19.9 Å². The Morgan fingerprint density at radius 3 is 2.76 bits per heavy atom. The Kier molecular flexibility index (Phi) is 3.13. The van der Waals surface area contributed by atoms with Crippen LogP contribution < -0.4 is 19.9 Å². The first kappa shape index (κ1) is 13.2. The van der Waals surface area contributed by atoms with Crippen molar-refractivity contribution >= 4 is 5.84 Å². The van der Waals surface area contributed by atoms with Gasteiger partial charge in [-0.15, -0.1) is 0 Å². The Hall–Kier alpha value is -2.76. The number of nitrogen functional groups attached to an aromatic ring is 1. The highest BCUT2D eigenvalue weighted by molar-refractivity contribution is 5.98. The van der Waals surface area contributed by atoms with Gasteiger partial charge in [0.2, 0.25) is 12.7 Å². The highest BCUT2D eigenvalue weighted by Gasteiger charge is 2.17. The van der Waals surface area contributed by atoms with Gasteiger partial charge in [-0.25, -0.2) is 4.98 Å². The third-order valence-corrected chi connectivity index (χ3v) is 3.14. The number of pyridine rings is 1. The number of hydrogen-bond donors (Lipinski definition) is 2. The lowest BCUT2D eigenvalue weighted by Crippen LogP contribution is -2.15. The molecular weight excluding hydrogens is 270 g/mol. The highest BCUT2D eigenvalue weighted by atomic mass is 16.7. The van der Waals surface area contributed by atoms with E-state index in [0.717, 1.165) is 11.3 Å². The molecule has 21 heavy (non-hydrogen) atoms. The van der Waals surface area contributed by atoms with Crippen molar-refractivity contribution in [1.29, 1.82) is 5.41 Å². The summed E-state index contributed by atoms with van der Waals surface area (Å²) in [6, 6.07) is 7.12. The SMILES string of the molecule is Cc1cc(C)c(C(=N)N)c(Oc2ccc3c(c2)OCO3)n1. The topological polar surface area (TPSA) is 90.5 Å². The molecular formula is C15H15N3O3. The summed E-state index contributed by atoms with van der Waals surface area (Å²) in [6.45, 7) is 3.95. The molecule has 0 saturated heterocycles. The summed E-state index contributed by atoms with van der Waals surface area (Å²) in [5, 5.41) is 7.69. The normalized spacial score (nSPS) is 12.3. The van der Waals surface area contributed by atoms with Gasteiger partial charge in [0.05, 0.1) is 5.56 Å². The van der Waals surface area contributed by atoms with Crippen LogP contribution in [0.5, 0.6) is 23.1 Å². The van der Waals surface area contributed by atoms with Crippen molar-refractivity contribution in [3.63, 3.8) is 0 Å². The molecule has 0 spiro atoms. The Morgan fingerprint density at radius 1 is 1.24 bits per heavy atom. The molecule has 1 aliphatic heterocycles. The van der Waals surface area contributed by atoms with Gasteiger partial charge in [0.15, 0.2) is 11.5 Å². The molecule has 0 aliphatic carbocycles. The number of benzene rings is 1. The zero-order chi connectivity index (χ0) is 15.0. The van der Waals surface area contributed by atoms with E-state index < -0.39 is 0 Å². The minimum absolute atomic E-state index is 0.0734. The summed E-state index contributed by atoms with van der Waals surface area (Å²) < 4.78 is 16.4. The highest BCUT2D eigenvalue weighted by Crippen LogP contribution is 2.37. The van der Waals surface area contributed by atoms with Crippen molar-refractivity contribution < 1.29 is 14.2 Å². The molecule has 0 unspecified atom stereocenters. The first-order chi connectivity index (χ1) is 10.0. The van der Waals surface area contributed by atoms with Gasteiger partial charge in [0.1, 0.15) is 11.6 Å². The monoisotopic (exact) mass is 285 g/mol. The molecule has 0 bridgehead atoms. The summed E-state index contributed by atoms with van der Waals surface area (Å²) in [7, 11) is 0. The second kappa shape index (κ2) is 4.97. The smallest absolute Gasteiger partial charge is 0.231 e. The lowest BCUT2D eigenvalue weighted by atomic mass is 10.1. The lowest BCUT2D eigenvalue weighted by molar-refractivity contribution is 0.174. The minimum atomic E-state index is -0.0734. The summed E-state index contributed by atoms with van der Waals surface area (Å²) in [5.74, 6) is 2.11. The molecule has 3 rings (SSSR count). The zero-order valence-electron chi connectivity index (χ0n) is 11.8. The van der Waals surface area contributed by atoms with E-state index in [4.69, 9.17) is 25.4 Å². The van der Waals surface area contributed by atoms with Crippen LogP contribution in [0.4, 0.5) is 0 Å². The maximum absolute atomic E-state index is 7.69. The number of fused-ring (bicyclic) bond motifs is 1. The average molecular weight is 285 g/mol. The fourth-order valence-corrected chi connectivity index (χ4v) is 2.26. The van der Waals surface area contributed by atoms with Gasteiger partial charge in [-0.05, 0) is 37.6 Å². The molecule has 0 amide bonds. The molecule has 2 heterocycles. The molecule has 1 aromatic carbocycles. The number of hydrogen-bond acceptors (Lipinski definition) is 5. The van der Waals surface area contributed by atoms with Crippen molar-refractivity contribution in [2.75, 3.05) is 6.79 Å². The standard InChI is InChI=1S/C15H15N3O3/c1-8-5-9(2)18-15(13(8)14(16)17)21-10-3-4-11-12(6-10)20-7-19-11/h3-6H,7H2,1-2H3,(H3,16,17). The van der Waals surface area contributed by atoms with Crippen LogP contribution in [0.1, 0.15) is 16.8 Å². The van der Waals surface area contributed by atoms with Crippen LogP contribution in [-0.2, 0) is 0 Å². The van der Waals surface area contributed by atoms with E-state index in [1.54, 1.807) is 18.2 Å². The second-order valence-electron chi connectivity index (χ2n) is 4.79. The van der Waals surface area contributed by atoms with Crippen LogP contribution in [0.25, 0.3) is 0 Å². The van der Waals surface area contributed by atoms with Crippen LogP contribution in [0.3, 0.4) is 0 Å². The van der Waals surface area contributed by atoms with E-state index in [9.17, 15) is 0 Å². The van der Waals surface area contributed by atoms with E-state index in [-0.39, 0.29) is 12.6 Å². The Labute approximate surface area is 122 Å².